The smallest absolute Gasteiger partial charge is 0.255 e. The van der Waals surface area contributed by atoms with Crippen molar-refractivity contribution >= 4 is 15.7 Å². The van der Waals surface area contributed by atoms with Gasteiger partial charge in [-0.1, -0.05) is 18.2 Å². The van der Waals surface area contributed by atoms with Crippen LogP contribution in [-0.4, -0.2) is 33.3 Å². The molecule has 7 heteroatoms. The van der Waals surface area contributed by atoms with Crippen LogP contribution in [0.5, 0.6) is 11.5 Å². The van der Waals surface area contributed by atoms with Gasteiger partial charge in [-0.3, -0.25) is 4.79 Å². The number of nitrogens with one attached hydrogen (secondary N) is 1. The molecule has 0 saturated heterocycles. The van der Waals surface area contributed by atoms with Gasteiger partial charge in [-0.25, -0.2) is 8.42 Å². The van der Waals surface area contributed by atoms with Gasteiger partial charge in [0, 0.05) is 24.8 Å². The fourth-order valence-corrected chi connectivity index (χ4v) is 3.83. The van der Waals surface area contributed by atoms with Gasteiger partial charge in [0.15, 0.2) is 9.84 Å². The van der Waals surface area contributed by atoms with Gasteiger partial charge in [-0.15, -0.1) is 0 Å². The molecule has 27 heavy (non-hydrogen) atoms. The van der Waals surface area contributed by atoms with Crippen LogP contribution >= 0.6 is 0 Å². The van der Waals surface area contributed by atoms with Crippen molar-refractivity contribution in [3.63, 3.8) is 0 Å². The van der Waals surface area contributed by atoms with E-state index in [1.807, 2.05) is 32.0 Å². The van der Waals surface area contributed by atoms with E-state index in [1.54, 1.807) is 0 Å². The predicted octanol–water partition coefficient (Wildman–Crippen LogP) is 2.74. The average Bonchev–Trinajstić information content (AvgIpc) is 2.92. The molecule has 0 unspecified atom stereocenters. The molecular formula is C20H23NO5S. The average molecular weight is 389 g/mol. The van der Waals surface area contributed by atoms with E-state index in [-0.39, 0.29) is 22.6 Å². The van der Waals surface area contributed by atoms with Crippen molar-refractivity contribution in [2.75, 3.05) is 13.4 Å². The zero-order valence-electron chi connectivity index (χ0n) is 15.8. The predicted molar refractivity (Wildman–Crippen MR) is 102 cm³/mol. The normalized spacial score (nSPS) is 15.0. The SMILES string of the molecule is COc1ccc(S(C)(=O)=O)cc1C(=O)NCc1cccc2c1OC(C)(C)C2. The van der Waals surface area contributed by atoms with Crippen LogP contribution in [0.3, 0.4) is 0 Å². The highest BCUT2D eigenvalue weighted by Gasteiger charge is 2.31. The molecule has 0 aromatic heterocycles. The Morgan fingerprint density at radius 3 is 2.67 bits per heavy atom. The lowest BCUT2D eigenvalue weighted by Gasteiger charge is -2.18. The zero-order valence-corrected chi connectivity index (χ0v) is 16.6. The van der Waals surface area contributed by atoms with Crippen LogP contribution in [0.4, 0.5) is 0 Å². The number of carbonyl (C=O) groups excluding carboxylic acids is 1. The van der Waals surface area contributed by atoms with Crippen LogP contribution < -0.4 is 14.8 Å². The minimum absolute atomic E-state index is 0.0686. The number of amides is 1. The molecule has 2 aromatic rings. The van der Waals surface area contributed by atoms with E-state index in [0.29, 0.717) is 5.75 Å². The number of ether oxygens (including phenoxy) is 2. The van der Waals surface area contributed by atoms with Crippen molar-refractivity contribution < 1.29 is 22.7 Å². The molecule has 0 saturated carbocycles. The second-order valence-electron chi connectivity index (χ2n) is 7.26. The van der Waals surface area contributed by atoms with Gasteiger partial charge in [0.25, 0.3) is 5.91 Å². The first-order chi connectivity index (χ1) is 12.6. The van der Waals surface area contributed by atoms with Gasteiger partial charge in [0.1, 0.15) is 17.1 Å². The van der Waals surface area contributed by atoms with E-state index in [0.717, 1.165) is 29.6 Å². The molecule has 6 nitrogen and oxygen atoms in total. The number of methoxy groups -OCH3 is 1. The van der Waals surface area contributed by atoms with Crippen LogP contribution in [0.15, 0.2) is 41.3 Å². The maximum atomic E-state index is 12.7. The summed E-state index contributed by atoms with van der Waals surface area (Å²) in [5, 5.41) is 2.83. The molecule has 1 heterocycles. The Morgan fingerprint density at radius 2 is 2.00 bits per heavy atom. The van der Waals surface area contributed by atoms with E-state index in [2.05, 4.69) is 5.32 Å². The van der Waals surface area contributed by atoms with Crippen molar-refractivity contribution in [2.24, 2.45) is 0 Å². The zero-order chi connectivity index (χ0) is 19.8. The quantitative estimate of drug-likeness (QED) is 0.850. The molecule has 0 atom stereocenters. The Balaban J connectivity index is 1.83. The largest absolute Gasteiger partial charge is 0.496 e. The number of rotatable bonds is 5. The summed E-state index contributed by atoms with van der Waals surface area (Å²) in [5.74, 6) is 0.711. The molecular weight excluding hydrogens is 366 g/mol. The number of hydrogen-bond acceptors (Lipinski definition) is 5. The summed E-state index contributed by atoms with van der Waals surface area (Å²) in [6.07, 6.45) is 1.91. The van der Waals surface area contributed by atoms with Gasteiger partial charge in [0.2, 0.25) is 0 Å². The lowest BCUT2D eigenvalue weighted by molar-refractivity contribution is 0.0946. The number of sulfone groups is 1. The van der Waals surface area contributed by atoms with Crippen molar-refractivity contribution in [1.29, 1.82) is 0 Å². The number of hydrogen-bond donors (Lipinski definition) is 1. The highest BCUT2D eigenvalue weighted by atomic mass is 32.2. The Kier molecular flexibility index (Phi) is 4.90. The van der Waals surface area contributed by atoms with Crippen LogP contribution in [0.1, 0.15) is 35.3 Å². The summed E-state index contributed by atoms with van der Waals surface area (Å²) in [7, 11) is -1.99. The van der Waals surface area contributed by atoms with Gasteiger partial charge >= 0.3 is 0 Å². The maximum Gasteiger partial charge on any atom is 0.255 e. The molecule has 1 aliphatic rings. The molecule has 1 aliphatic heterocycles. The molecule has 0 spiro atoms. The maximum absolute atomic E-state index is 12.7. The molecule has 0 bridgehead atoms. The molecule has 2 aromatic carbocycles. The standard InChI is InChI=1S/C20H23NO5S/c1-20(2)11-13-6-5-7-14(18(13)26-20)12-21-19(22)16-10-15(27(4,23)24)8-9-17(16)25-3/h5-10H,11-12H2,1-4H3,(H,21,22). The van der Waals surface area contributed by atoms with E-state index in [4.69, 9.17) is 9.47 Å². The van der Waals surface area contributed by atoms with Crippen molar-refractivity contribution in [1.82, 2.24) is 5.32 Å². The molecule has 0 fully saturated rings. The molecule has 3 rings (SSSR count). The summed E-state index contributed by atoms with van der Waals surface area (Å²) in [6.45, 7) is 4.32. The fourth-order valence-electron chi connectivity index (χ4n) is 3.18. The second-order valence-corrected chi connectivity index (χ2v) is 9.28. The minimum atomic E-state index is -3.43. The second kappa shape index (κ2) is 6.88. The monoisotopic (exact) mass is 389 g/mol. The summed E-state index contributed by atoms with van der Waals surface area (Å²) in [4.78, 5) is 12.7. The fraction of sp³-hybridized carbons (Fsp3) is 0.350. The minimum Gasteiger partial charge on any atom is -0.496 e. The first-order valence-corrected chi connectivity index (χ1v) is 10.5. The Hall–Kier alpha value is -2.54. The highest BCUT2D eigenvalue weighted by Crippen LogP contribution is 2.37. The van der Waals surface area contributed by atoms with Crippen LogP contribution in [0, 0.1) is 0 Å². The van der Waals surface area contributed by atoms with E-state index in [9.17, 15) is 13.2 Å². The van der Waals surface area contributed by atoms with Gasteiger partial charge in [0.05, 0.1) is 17.6 Å². The molecule has 0 radical (unpaired) electrons. The Morgan fingerprint density at radius 1 is 1.26 bits per heavy atom. The van der Waals surface area contributed by atoms with Crippen molar-refractivity contribution in [3.05, 3.63) is 53.1 Å². The lowest BCUT2D eigenvalue weighted by Crippen LogP contribution is -2.26. The third-order valence-electron chi connectivity index (χ3n) is 4.46. The third kappa shape index (κ3) is 4.08. The first kappa shape index (κ1) is 19.2. The number of carbonyl (C=O) groups is 1. The molecule has 0 aliphatic carbocycles. The van der Waals surface area contributed by atoms with Crippen molar-refractivity contribution in [3.8, 4) is 11.5 Å². The van der Waals surface area contributed by atoms with Gasteiger partial charge < -0.3 is 14.8 Å². The molecule has 1 amide bonds. The van der Waals surface area contributed by atoms with Crippen LogP contribution in [0.2, 0.25) is 0 Å². The first-order valence-electron chi connectivity index (χ1n) is 8.57. The number of benzene rings is 2. The summed E-state index contributed by atoms with van der Waals surface area (Å²) < 4.78 is 34.8. The summed E-state index contributed by atoms with van der Waals surface area (Å²) in [5.41, 5.74) is 1.90. The van der Waals surface area contributed by atoms with E-state index < -0.39 is 15.7 Å². The van der Waals surface area contributed by atoms with Gasteiger partial charge in [-0.05, 0) is 37.6 Å². The Bertz CT molecular complexity index is 995. The van der Waals surface area contributed by atoms with E-state index >= 15 is 0 Å². The highest BCUT2D eigenvalue weighted by molar-refractivity contribution is 7.90. The van der Waals surface area contributed by atoms with E-state index in [1.165, 1.54) is 25.3 Å². The molecule has 144 valence electrons. The van der Waals surface area contributed by atoms with Crippen LogP contribution in [0.25, 0.3) is 0 Å². The number of fused-ring (bicyclic) bond motifs is 1. The third-order valence-corrected chi connectivity index (χ3v) is 5.57. The Labute approximate surface area is 159 Å². The molecule has 1 N–H and O–H groups in total. The van der Waals surface area contributed by atoms with Crippen LogP contribution in [-0.2, 0) is 22.8 Å². The lowest BCUT2D eigenvalue weighted by atomic mass is 10.0. The summed E-state index contributed by atoms with van der Waals surface area (Å²) >= 11 is 0. The summed E-state index contributed by atoms with van der Waals surface area (Å²) in [6, 6.07) is 10.1. The van der Waals surface area contributed by atoms with Gasteiger partial charge in [-0.2, -0.15) is 0 Å². The van der Waals surface area contributed by atoms with Crippen molar-refractivity contribution in [2.45, 2.75) is 37.3 Å². The number of para-hydroxylation sites is 1. The topological polar surface area (TPSA) is 81.7 Å².